The normalized spacial score (nSPS) is 12.7. The van der Waals surface area contributed by atoms with Crippen LogP contribution in [-0.4, -0.2) is 34.6 Å². The molecule has 2 N–H and O–H groups in total. The van der Waals surface area contributed by atoms with E-state index >= 15 is 0 Å². The maximum atomic E-state index is 13.0. The molecule has 0 radical (unpaired) electrons. The van der Waals surface area contributed by atoms with Crippen molar-refractivity contribution < 1.29 is 27.4 Å². The second-order valence-corrected chi connectivity index (χ2v) is 9.13. The highest BCUT2D eigenvalue weighted by atomic mass is 32.2. The summed E-state index contributed by atoms with van der Waals surface area (Å²) in [5, 5.41) is 2.83. The highest BCUT2D eigenvalue weighted by molar-refractivity contribution is 7.92. The zero-order valence-electron chi connectivity index (χ0n) is 18.3. The van der Waals surface area contributed by atoms with Crippen LogP contribution in [0.15, 0.2) is 65.6 Å². The van der Waals surface area contributed by atoms with Gasteiger partial charge in [-0.05, 0) is 48.4 Å². The molecule has 0 saturated heterocycles. The molecule has 4 rings (SSSR count). The zero-order chi connectivity index (χ0) is 23.4. The average molecular weight is 469 g/mol. The van der Waals surface area contributed by atoms with E-state index in [2.05, 4.69) is 10.0 Å². The van der Waals surface area contributed by atoms with Crippen LogP contribution in [0.5, 0.6) is 17.2 Å². The van der Waals surface area contributed by atoms with E-state index in [0.29, 0.717) is 24.7 Å². The van der Waals surface area contributed by atoms with E-state index in [9.17, 15) is 13.2 Å². The third-order valence-electron chi connectivity index (χ3n) is 5.17. The topological polar surface area (TPSA) is 103 Å². The Labute approximate surface area is 192 Å². The van der Waals surface area contributed by atoms with Gasteiger partial charge in [0.05, 0.1) is 23.3 Å². The number of amides is 1. The lowest BCUT2D eigenvalue weighted by Crippen LogP contribution is -2.25. The van der Waals surface area contributed by atoms with Gasteiger partial charge in [0.25, 0.3) is 15.9 Å². The fraction of sp³-hybridized carbons (Fsp3) is 0.208. The molecule has 0 bridgehead atoms. The van der Waals surface area contributed by atoms with Gasteiger partial charge in [-0.3, -0.25) is 9.52 Å². The Hall–Kier alpha value is -3.72. The van der Waals surface area contributed by atoms with Gasteiger partial charge < -0.3 is 19.5 Å². The van der Waals surface area contributed by atoms with E-state index in [0.717, 1.165) is 16.9 Å². The number of methoxy groups -OCH3 is 1. The van der Waals surface area contributed by atoms with Crippen molar-refractivity contribution in [3.05, 3.63) is 77.4 Å². The fourth-order valence-corrected chi connectivity index (χ4v) is 4.51. The van der Waals surface area contributed by atoms with Crippen LogP contribution in [-0.2, 0) is 16.6 Å². The summed E-state index contributed by atoms with van der Waals surface area (Å²) in [6, 6.07) is 16.5. The summed E-state index contributed by atoms with van der Waals surface area (Å²) >= 11 is 0. The molecule has 9 heteroatoms. The summed E-state index contributed by atoms with van der Waals surface area (Å²) in [5.74, 6) is 1.18. The monoisotopic (exact) mass is 468 g/mol. The Kier molecular flexibility index (Phi) is 6.41. The molecule has 0 unspecified atom stereocenters. The Morgan fingerprint density at radius 2 is 1.76 bits per heavy atom. The van der Waals surface area contributed by atoms with Gasteiger partial charge in [-0.2, -0.15) is 0 Å². The van der Waals surface area contributed by atoms with Crippen LogP contribution < -0.4 is 24.2 Å². The van der Waals surface area contributed by atoms with Crippen molar-refractivity contribution >= 4 is 21.6 Å². The third-order valence-corrected chi connectivity index (χ3v) is 6.53. The average Bonchev–Trinajstić information content (AvgIpc) is 2.83. The molecule has 1 heterocycles. The standard InChI is InChI=1S/C24H24N2O6S/c1-16-7-8-17(13-22(16)30-2)15-25-24(27)19-5-3-4-6-20(19)26-33(28,29)18-9-10-21-23(14-18)32-12-11-31-21/h3-10,13-14,26H,11-12,15H2,1-2H3,(H,25,27). The second-order valence-electron chi connectivity index (χ2n) is 7.44. The third kappa shape index (κ3) is 5.04. The van der Waals surface area contributed by atoms with Gasteiger partial charge in [0.15, 0.2) is 11.5 Å². The number of hydrogen-bond donors (Lipinski definition) is 2. The summed E-state index contributed by atoms with van der Waals surface area (Å²) in [5.41, 5.74) is 2.23. The van der Waals surface area contributed by atoms with Crippen LogP contribution >= 0.6 is 0 Å². The number of anilines is 1. The summed E-state index contributed by atoms with van der Waals surface area (Å²) in [7, 11) is -2.37. The van der Waals surface area contributed by atoms with Crippen molar-refractivity contribution in [2.24, 2.45) is 0 Å². The van der Waals surface area contributed by atoms with Gasteiger partial charge >= 0.3 is 0 Å². The van der Waals surface area contributed by atoms with E-state index in [-0.39, 0.29) is 22.7 Å². The molecule has 8 nitrogen and oxygen atoms in total. The summed E-state index contributed by atoms with van der Waals surface area (Å²) in [4.78, 5) is 12.9. The van der Waals surface area contributed by atoms with Gasteiger partial charge in [0.1, 0.15) is 19.0 Å². The van der Waals surface area contributed by atoms with E-state index in [1.54, 1.807) is 37.4 Å². The molecule has 0 aliphatic carbocycles. The maximum Gasteiger partial charge on any atom is 0.262 e. The molecule has 1 aliphatic heterocycles. The first kappa shape index (κ1) is 22.5. The first-order chi connectivity index (χ1) is 15.9. The SMILES string of the molecule is COc1cc(CNC(=O)c2ccccc2NS(=O)(=O)c2ccc3c(c2)OCCO3)ccc1C. The highest BCUT2D eigenvalue weighted by Gasteiger charge is 2.22. The number of fused-ring (bicyclic) bond motifs is 1. The van der Waals surface area contributed by atoms with E-state index in [4.69, 9.17) is 14.2 Å². The fourth-order valence-electron chi connectivity index (χ4n) is 3.42. The lowest BCUT2D eigenvalue weighted by Gasteiger charge is -2.19. The van der Waals surface area contributed by atoms with Gasteiger partial charge in [-0.25, -0.2) is 8.42 Å². The number of para-hydroxylation sites is 1. The molecule has 3 aromatic carbocycles. The van der Waals surface area contributed by atoms with Crippen molar-refractivity contribution in [3.8, 4) is 17.2 Å². The predicted octanol–water partition coefficient (Wildman–Crippen LogP) is 3.51. The first-order valence-corrected chi connectivity index (χ1v) is 11.8. The van der Waals surface area contributed by atoms with E-state index in [1.807, 2.05) is 25.1 Å². The maximum absolute atomic E-state index is 13.0. The van der Waals surface area contributed by atoms with Crippen molar-refractivity contribution in [1.29, 1.82) is 0 Å². The van der Waals surface area contributed by atoms with Crippen LogP contribution in [0.3, 0.4) is 0 Å². The molecule has 0 atom stereocenters. The number of benzene rings is 3. The number of ether oxygens (including phenoxy) is 3. The molecule has 0 fully saturated rings. The number of sulfonamides is 1. The van der Waals surface area contributed by atoms with Crippen LogP contribution in [0.25, 0.3) is 0 Å². The predicted molar refractivity (Wildman–Crippen MR) is 124 cm³/mol. The van der Waals surface area contributed by atoms with Gasteiger partial charge in [0, 0.05) is 12.6 Å². The summed E-state index contributed by atoms with van der Waals surface area (Å²) in [6.07, 6.45) is 0. The van der Waals surface area contributed by atoms with Gasteiger partial charge in [-0.1, -0.05) is 24.3 Å². The van der Waals surface area contributed by atoms with Crippen LogP contribution in [0, 0.1) is 6.92 Å². The largest absolute Gasteiger partial charge is 0.496 e. The molecule has 0 aromatic heterocycles. The molecule has 0 saturated carbocycles. The lowest BCUT2D eigenvalue weighted by atomic mass is 10.1. The Morgan fingerprint density at radius 3 is 2.55 bits per heavy atom. The van der Waals surface area contributed by atoms with E-state index in [1.165, 1.54) is 12.1 Å². The minimum absolute atomic E-state index is 0.00807. The van der Waals surface area contributed by atoms with Crippen molar-refractivity contribution in [2.75, 3.05) is 25.0 Å². The second kappa shape index (κ2) is 9.41. The first-order valence-electron chi connectivity index (χ1n) is 10.3. The number of carbonyl (C=O) groups is 1. The van der Waals surface area contributed by atoms with Crippen LogP contribution in [0.4, 0.5) is 5.69 Å². The Bertz CT molecular complexity index is 1290. The number of rotatable bonds is 7. The molecule has 33 heavy (non-hydrogen) atoms. The summed E-state index contributed by atoms with van der Waals surface area (Å²) in [6.45, 7) is 2.96. The zero-order valence-corrected chi connectivity index (χ0v) is 19.1. The molecule has 1 amide bonds. The molecular weight excluding hydrogens is 444 g/mol. The number of nitrogens with one attached hydrogen (secondary N) is 2. The molecule has 172 valence electrons. The number of hydrogen-bond acceptors (Lipinski definition) is 6. The Morgan fingerprint density at radius 1 is 1.00 bits per heavy atom. The quantitative estimate of drug-likeness (QED) is 0.550. The summed E-state index contributed by atoms with van der Waals surface area (Å²) < 4.78 is 44.7. The van der Waals surface area contributed by atoms with Gasteiger partial charge in [-0.15, -0.1) is 0 Å². The highest BCUT2D eigenvalue weighted by Crippen LogP contribution is 2.33. The van der Waals surface area contributed by atoms with Crippen molar-refractivity contribution in [3.63, 3.8) is 0 Å². The molecule has 3 aromatic rings. The van der Waals surface area contributed by atoms with E-state index < -0.39 is 15.9 Å². The molecule has 1 aliphatic rings. The minimum atomic E-state index is -3.97. The number of carbonyl (C=O) groups excluding carboxylic acids is 1. The van der Waals surface area contributed by atoms with Crippen molar-refractivity contribution in [1.82, 2.24) is 5.32 Å². The minimum Gasteiger partial charge on any atom is -0.496 e. The number of aryl methyl sites for hydroxylation is 1. The molecule has 0 spiro atoms. The molecular formula is C24H24N2O6S. The van der Waals surface area contributed by atoms with Crippen molar-refractivity contribution in [2.45, 2.75) is 18.4 Å². The Balaban J connectivity index is 1.51. The van der Waals surface area contributed by atoms with Gasteiger partial charge in [0.2, 0.25) is 0 Å². The van der Waals surface area contributed by atoms with Crippen LogP contribution in [0.1, 0.15) is 21.5 Å². The lowest BCUT2D eigenvalue weighted by molar-refractivity contribution is 0.0951. The van der Waals surface area contributed by atoms with Crippen LogP contribution in [0.2, 0.25) is 0 Å². The smallest absolute Gasteiger partial charge is 0.262 e.